The molecule has 0 heterocycles. The van der Waals surface area contributed by atoms with Gasteiger partial charge in [-0.1, -0.05) is 35.9 Å². The number of non-ortho nitro benzene ring substituents is 1. The molecule has 0 fully saturated rings. The van der Waals surface area contributed by atoms with Crippen LogP contribution in [0.3, 0.4) is 0 Å². The van der Waals surface area contributed by atoms with E-state index in [0.29, 0.717) is 21.9 Å². The van der Waals surface area contributed by atoms with E-state index in [1.165, 1.54) is 12.1 Å². The monoisotopic (exact) mass is 293 g/mol. The van der Waals surface area contributed by atoms with Gasteiger partial charge in [-0.25, -0.2) is 0 Å². The quantitative estimate of drug-likeness (QED) is 0.678. The Balaban J connectivity index is 2.17. The molecule has 2 aromatic carbocycles. The molecule has 0 saturated heterocycles. The Morgan fingerprint density at radius 1 is 1.25 bits per heavy atom. The van der Waals surface area contributed by atoms with E-state index >= 15 is 0 Å². The fourth-order valence-electron chi connectivity index (χ4n) is 1.75. The van der Waals surface area contributed by atoms with Crippen LogP contribution in [0.1, 0.15) is 11.1 Å². The van der Waals surface area contributed by atoms with Crippen molar-refractivity contribution in [2.45, 2.75) is 13.2 Å². The van der Waals surface area contributed by atoms with Gasteiger partial charge in [-0.05, 0) is 11.6 Å². The predicted molar refractivity (Wildman–Crippen MR) is 74.8 cm³/mol. The Labute approximate surface area is 120 Å². The average Bonchev–Trinajstić information content (AvgIpc) is 2.46. The van der Waals surface area contributed by atoms with Crippen LogP contribution in [-0.2, 0) is 13.2 Å². The largest absolute Gasteiger partial charge is 0.487 e. The first kappa shape index (κ1) is 14.3. The van der Waals surface area contributed by atoms with Crippen molar-refractivity contribution in [3.8, 4) is 5.75 Å². The molecule has 20 heavy (non-hydrogen) atoms. The lowest BCUT2D eigenvalue weighted by molar-refractivity contribution is -0.384. The zero-order valence-electron chi connectivity index (χ0n) is 10.5. The minimum Gasteiger partial charge on any atom is -0.487 e. The van der Waals surface area contributed by atoms with E-state index in [2.05, 4.69) is 0 Å². The third-order valence-electron chi connectivity index (χ3n) is 2.72. The summed E-state index contributed by atoms with van der Waals surface area (Å²) in [7, 11) is 0. The van der Waals surface area contributed by atoms with Gasteiger partial charge in [-0.3, -0.25) is 10.1 Å². The molecule has 0 unspecified atom stereocenters. The first-order chi connectivity index (χ1) is 9.61. The van der Waals surface area contributed by atoms with Gasteiger partial charge in [0.2, 0.25) is 0 Å². The Hall–Kier alpha value is -2.11. The van der Waals surface area contributed by atoms with Gasteiger partial charge in [0, 0.05) is 17.7 Å². The number of para-hydroxylation sites is 1. The molecule has 0 amide bonds. The molecule has 104 valence electrons. The molecule has 2 aromatic rings. The lowest BCUT2D eigenvalue weighted by Gasteiger charge is -2.11. The van der Waals surface area contributed by atoms with Crippen molar-refractivity contribution in [3.05, 3.63) is 68.7 Å². The Bertz CT molecular complexity index is 630. The minimum atomic E-state index is -0.460. The van der Waals surface area contributed by atoms with Gasteiger partial charge in [-0.2, -0.15) is 0 Å². The van der Waals surface area contributed by atoms with Gasteiger partial charge < -0.3 is 9.84 Å². The number of ether oxygens (including phenoxy) is 1. The predicted octanol–water partition coefficient (Wildman–Crippen LogP) is 3.32. The van der Waals surface area contributed by atoms with Gasteiger partial charge in [0.15, 0.2) is 0 Å². The maximum Gasteiger partial charge on any atom is 0.269 e. The standard InChI is InChI=1S/C14H12ClNO4/c15-13-6-2-4-11(8-17)14(13)20-9-10-3-1-5-12(7-10)16(18)19/h1-7,17H,8-9H2. The van der Waals surface area contributed by atoms with Crippen LogP contribution < -0.4 is 4.74 Å². The Kier molecular flexibility index (Phi) is 4.55. The van der Waals surface area contributed by atoms with E-state index in [1.54, 1.807) is 30.3 Å². The summed E-state index contributed by atoms with van der Waals surface area (Å²) < 4.78 is 5.57. The molecule has 0 radical (unpaired) electrons. The topological polar surface area (TPSA) is 72.6 Å². The third kappa shape index (κ3) is 3.26. The van der Waals surface area contributed by atoms with Crippen molar-refractivity contribution < 1.29 is 14.8 Å². The van der Waals surface area contributed by atoms with Gasteiger partial charge in [-0.15, -0.1) is 0 Å². The summed E-state index contributed by atoms with van der Waals surface area (Å²) in [6.45, 7) is -0.0523. The second-order valence-corrected chi connectivity index (χ2v) is 4.51. The summed E-state index contributed by atoms with van der Waals surface area (Å²) in [5.74, 6) is 0.392. The maximum atomic E-state index is 10.7. The summed E-state index contributed by atoms with van der Waals surface area (Å²) in [6.07, 6.45) is 0. The number of halogens is 1. The molecule has 0 atom stereocenters. The first-order valence-electron chi connectivity index (χ1n) is 5.86. The third-order valence-corrected chi connectivity index (χ3v) is 3.02. The van der Waals surface area contributed by atoms with Crippen molar-refractivity contribution in [1.82, 2.24) is 0 Å². The highest BCUT2D eigenvalue weighted by atomic mass is 35.5. The number of nitrogens with zero attached hydrogens (tertiary/aromatic N) is 1. The average molecular weight is 294 g/mol. The van der Waals surface area contributed by atoms with Gasteiger partial charge in [0.1, 0.15) is 12.4 Å². The fourth-order valence-corrected chi connectivity index (χ4v) is 2.00. The van der Waals surface area contributed by atoms with Crippen molar-refractivity contribution in [1.29, 1.82) is 0 Å². The van der Waals surface area contributed by atoms with E-state index in [4.69, 9.17) is 16.3 Å². The van der Waals surface area contributed by atoms with Crippen LogP contribution in [0.5, 0.6) is 5.75 Å². The van der Waals surface area contributed by atoms with Crippen LogP contribution in [0.2, 0.25) is 5.02 Å². The van der Waals surface area contributed by atoms with Crippen LogP contribution in [0.15, 0.2) is 42.5 Å². The summed E-state index contributed by atoms with van der Waals surface area (Å²) in [6, 6.07) is 11.2. The van der Waals surface area contributed by atoms with Crippen molar-refractivity contribution in [2.75, 3.05) is 0 Å². The molecule has 0 bridgehead atoms. The zero-order valence-corrected chi connectivity index (χ0v) is 11.2. The smallest absolute Gasteiger partial charge is 0.269 e. The highest BCUT2D eigenvalue weighted by Gasteiger charge is 2.10. The number of nitro groups is 1. The molecule has 0 aliphatic rings. The van der Waals surface area contributed by atoms with Gasteiger partial charge in [0.25, 0.3) is 5.69 Å². The zero-order chi connectivity index (χ0) is 14.5. The summed E-state index contributed by atoms with van der Waals surface area (Å²) >= 11 is 6.01. The van der Waals surface area contributed by atoms with Crippen LogP contribution in [0, 0.1) is 10.1 Å². The van der Waals surface area contributed by atoms with Gasteiger partial charge in [0.05, 0.1) is 16.6 Å². The lowest BCUT2D eigenvalue weighted by atomic mass is 10.2. The van der Waals surface area contributed by atoms with Crippen LogP contribution >= 0.6 is 11.6 Å². The summed E-state index contributed by atoms with van der Waals surface area (Å²) in [5, 5.41) is 20.3. The fraction of sp³-hybridized carbons (Fsp3) is 0.143. The Morgan fingerprint density at radius 2 is 2.00 bits per heavy atom. The second-order valence-electron chi connectivity index (χ2n) is 4.10. The summed E-state index contributed by atoms with van der Waals surface area (Å²) in [5.41, 5.74) is 1.23. The Morgan fingerprint density at radius 3 is 2.70 bits per heavy atom. The molecule has 1 N–H and O–H groups in total. The highest BCUT2D eigenvalue weighted by Crippen LogP contribution is 2.29. The SMILES string of the molecule is O=[N+]([O-])c1cccc(COc2c(Cl)cccc2CO)c1. The first-order valence-corrected chi connectivity index (χ1v) is 6.24. The number of rotatable bonds is 5. The van der Waals surface area contributed by atoms with Crippen molar-refractivity contribution >= 4 is 17.3 Å². The van der Waals surface area contributed by atoms with Crippen LogP contribution in [-0.4, -0.2) is 10.0 Å². The number of aliphatic hydroxyl groups excluding tert-OH is 1. The number of nitro benzene ring substituents is 1. The highest BCUT2D eigenvalue weighted by molar-refractivity contribution is 6.32. The second kappa shape index (κ2) is 6.36. The molecule has 0 saturated carbocycles. The molecular formula is C14H12ClNO4. The number of hydrogen-bond acceptors (Lipinski definition) is 4. The lowest BCUT2D eigenvalue weighted by Crippen LogP contribution is -2.00. The van der Waals surface area contributed by atoms with Crippen molar-refractivity contribution in [2.24, 2.45) is 0 Å². The molecule has 0 aliphatic carbocycles. The van der Waals surface area contributed by atoms with Crippen molar-refractivity contribution in [3.63, 3.8) is 0 Å². The molecule has 2 rings (SSSR count). The molecule has 6 heteroatoms. The minimum absolute atomic E-state index is 0.00707. The van der Waals surface area contributed by atoms with E-state index in [9.17, 15) is 15.2 Å². The summed E-state index contributed by atoms with van der Waals surface area (Å²) in [4.78, 5) is 10.2. The van der Waals surface area contributed by atoms with Crippen LogP contribution in [0.25, 0.3) is 0 Å². The van der Waals surface area contributed by atoms with Crippen LogP contribution in [0.4, 0.5) is 5.69 Å². The molecule has 0 aliphatic heterocycles. The van der Waals surface area contributed by atoms with E-state index in [1.807, 2.05) is 0 Å². The normalized spacial score (nSPS) is 10.3. The molecule has 5 nitrogen and oxygen atoms in total. The molecule has 0 aromatic heterocycles. The number of benzene rings is 2. The molecular weight excluding hydrogens is 282 g/mol. The van der Waals surface area contributed by atoms with E-state index in [-0.39, 0.29) is 18.9 Å². The number of aliphatic hydroxyl groups is 1. The van der Waals surface area contributed by atoms with Gasteiger partial charge >= 0.3 is 0 Å². The van der Waals surface area contributed by atoms with E-state index < -0.39 is 4.92 Å². The number of hydrogen-bond donors (Lipinski definition) is 1. The van der Waals surface area contributed by atoms with E-state index in [0.717, 1.165) is 0 Å². The maximum absolute atomic E-state index is 10.7. The molecule has 0 spiro atoms.